The van der Waals surface area contributed by atoms with Crippen LogP contribution in [0, 0.1) is 0 Å². The second-order valence-electron chi connectivity index (χ2n) is 5.85. The monoisotopic (exact) mass is 412 g/mol. The molecular formula is C20H17ClN4O4. The van der Waals surface area contributed by atoms with Crippen LogP contribution in [0.25, 0.3) is 0 Å². The Labute approximate surface area is 171 Å². The Balaban J connectivity index is 1.66. The quantitative estimate of drug-likeness (QED) is 0.290. The van der Waals surface area contributed by atoms with Crippen molar-refractivity contribution >= 4 is 29.7 Å². The van der Waals surface area contributed by atoms with Crippen LogP contribution in [0.3, 0.4) is 0 Å². The van der Waals surface area contributed by atoms with E-state index < -0.39 is 11.9 Å². The molecule has 8 nitrogen and oxygen atoms in total. The summed E-state index contributed by atoms with van der Waals surface area (Å²) < 4.78 is 11.9. The van der Waals surface area contributed by atoms with Crippen LogP contribution in [-0.2, 0) is 7.05 Å². The third-order valence-electron chi connectivity index (χ3n) is 3.88. The molecule has 0 spiro atoms. The first-order valence-electron chi connectivity index (χ1n) is 8.45. The number of carbonyl (C=O) groups excluding carboxylic acids is 2. The zero-order valence-electron chi connectivity index (χ0n) is 15.6. The van der Waals surface area contributed by atoms with Gasteiger partial charge in [-0.2, -0.15) is 10.2 Å². The van der Waals surface area contributed by atoms with Crippen LogP contribution in [0.15, 0.2) is 59.8 Å². The van der Waals surface area contributed by atoms with Crippen LogP contribution in [0.5, 0.6) is 11.5 Å². The van der Waals surface area contributed by atoms with Crippen LogP contribution in [-0.4, -0.2) is 35.0 Å². The lowest BCUT2D eigenvalue weighted by Gasteiger charge is -2.07. The molecule has 0 fully saturated rings. The summed E-state index contributed by atoms with van der Waals surface area (Å²) in [5.74, 6) is -0.283. The van der Waals surface area contributed by atoms with E-state index in [9.17, 15) is 9.59 Å². The van der Waals surface area contributed by atoms with Gasteiger partial charge in [-0.05, 0) is 42.0 Å². The molecule has 3 rings (SSSR count). The Bertz CT molecular complexity index is 1080. The van der Waals surface area contributed by atoms with E-state index in [4.69, 9.17) is 21.1 Å². The van der Waals surface area contributed by atoms with E-state index in [0.717, 1.165) is 0 Å². The Kier molecular flexibility index (Phi) is 6.25. The van der Waals surface area contributed by atoms with E-state index in [-0.39, 0.29) is 5.56 Å². The lowest BCUT2D eigenvalue weighted by Crippen LogP contribution is -2.18. The zero-order valence-corrected chi connectivity index (χ0v) is 16.4. The summed E-state index contributed by atoms with van der Waals surface area (Å²) in [6, 6.07) is 13.0. The van der Waals surface area contributed by atoms with Crippen molar-refractivity contribution < 1.29 is 19.1 Å². The van der Waals surface area contributed by atoms with E-state index >= 15 is 0 Å². The zero-order chi connectivity index (χ0) is 20.8. The van der Waals surface area contributed by atoms with Crippen molar-refractivity contribution in [3.8, 4) is 11.5 Å². The second-order valence-corrected chi connectivity index (χ2v) is 6.28. The molecule has 1 N–H and O–H groups in total. The van der Waals surface area contributed by atoms with Gasteiger partial charge in [-0.15, -0.1) is 0 Å². The summed E-state index contributed by atoms with van der Waals surface area (Å²) in [6.07, 6.45) is 2.94. The van der Waals surface area contributed by atoms with Gasteiger partial charge in [0.2, 0.25) is 0 Å². The van der Waals surface area contributed by atoms with Crippen molar-refractivity contribution in [1.29, 1.82) is 0 Å². The number of amides is 1. The maximum Gasteiger partial charge on any atom is 0.361 e. The van der Waals surface area contributed by atoms with E-state index in [2.05, 4.69) is 15.6 Å². The van der Waals surface area contributed by atoms with Crippen LogP contribution < -0.4 is 14.9 Å². The number of rotatable bonds is 6. The van der Waals surface area contributed by atoms with Crippen LogP contribution in [0.1, 0.15) is 26.4 Å². The van der Waals surface area contributed by atoms with Gasteiger partial charge in [0, 0.05) is 18.3 Å². The molecule has 0 bridgehead atoms. The highest BCUT2D eigenvalue weighted by molar-refractivity contribution is 6.31. The van der Waals surface area contributed by atoms with Crippen LogP contribution in [0.4, 0.5) is 0 Å². The predicted molar refractivity (Wildman–Crippen MR) is 108 cm³/mol. The molecule has 0 aliphatic rings. The first kappa shape index (κ1) is 20.1. The SMILES string of the molecule is COc1ccc(Cl)cc1C(=O)NN=Cc1cccc(OC(=O)c2ccnn2C)c1. The molecule has 0 saturated heterocycles. The molecule has 0 aliphatic carbocycles. The number of hydrogen-bond acceptors (Lipinski definition) is 6. The number of methoxy groups -OCH3 is 1. The molecule has 0 saturated carbocycles. The molecular weight excluding hydrogens is 396 g/mol. The molecule has 1 heterocycles. The third-order valence-corrected chi connectivity index (χ3v) is 4.12. The molecule has 9 heteroatoms. The number of carbonyl (C=O) groups is 2. The fraction of sp³-hybridized carbons (Fsp3) is 0.100. The van der Waals surface area contributed by atoms with Gasteiger partial charge in [0.1, 0.15) is 17.2 Å². The predicted octanol–water partition coefficient (Wildman–Crippen LogP) is 3.07. The number of aromatic nitrogens is 2. The summed E-state index contributed by atoms with van der Waals surface area (Å²) in [6.45, 7) is 0. The first-order chi connectivity index (χ1) is 14.0. The van der Waals surface area contributed by atoms with Gasteiger partial charge in [0.15, 0.2) is 0 Å². The normalized spacial score (nSPS) is 10.7. The standard InChI is InChI=1S/C20H17ClN4O4/c1-25-17(8-9-23-25)20(27)29-15-5-3-4-13(10-15)12-22-24-19(26)16-11-14(21)6-7-18(16)28-2/h3-12H,1-2H3,(H,24,26). The largest absolute Gasteiger partial charge is 0.496 e. The van der Waals surface area contributed by atoms with Gasteiger partial charge in [0.25, 0.3) is 5.91 Å². The van der Waals surface area contributed by atoms with Gasteiger partial charge in [-0.1, -0.05) is 23.7 Å². The smallest absolute Gasteiger partial charge is 0.361 e. The lowest BCUT2D eigenvalue weighted by molar-refractivity contribution is 0.0723. The average molecular weight is 413 g/mol. The fourth-order valence-electron chi connectivity index (χ4n) is 2.48. The van der Waals surface area contributed by atoms with Crippen molar-refractivity contribution in [3.05, 3.63) is 76.6 Å². The average Bonchev–Trinajstić information content (AvgIpc) is 3.14. The number of benzene rings is 2. The van der Waals surface area contributed by atoms with E-state index in [1.54, 1.807) is 49.5 Å². The van der Waals surface area contributed by atoms with Crippen molar-refractivity contribution in [3.63, 3.8) is 0 Å². The number of nitrogens with one attached hydrogen (secondary N) is 1. The van der Waals surface area contributed by atoms with Gasteiger partial charge in [0.05, 0.1) is 18.9 Å². The molecule has 29 heavy (non-hydrogen) atoms. The molecule has 0 radical (unpaired) electrons. The summed E-state index contributed by atoms with van der Waals surface area (Å²) in [5.41, 5.74) is 3.62. The minimum absolute atomic E-state index is 0.260. The molecule has 148 valence electrons. The topological polar surface area (TPSA) is 94.8 Å². The highest BCUT2D eigenvalue weighted by Crippen LogP contribution is 2.22. The first-order valence-corrected chi connectivity index (χ1v) is 8.83. The van der Waals surface area contributed by atoms with Crippen molar-refractivity contribution in [2.24, 2.45) is 12.1 Å². The van der Waals surface area contributed by atoms with Crippen molar-refractivity contribution in [1.82, 2.24) is 15.2 Å². The second kappa shape index (κ2) is 9.03. The number of hydrazone groups is 1. The molecule has 0 unspecified atom stereocenters. The Morgan fingerprint density at radius 2 is 2.03 bits per heavy atom. The Morgan fingerprint density at radius 1 is 1.21 bits per heavy atom. The van der Waals surface area contributed by atoms with Crippen molar-refractivity contribution in [2.75, 3.05) is 7.11 Å². The molecule has 0 aliphatic heterocycles. The van der Waals surface area contributed by atoms with Crippen LogP contribution in [0.2, 0.25) is 5.02 Å². The molecule has 1 aromatic heterocycles. The minimum atomic E-state index is -0.527. The van der Waals surface area contributed by atoms with E-state index in [1.807, 2.05) is 0 Å². The molecule has 1 amide bonds. The van der Waals surface area contributed by atoms with Crippen LogP contribution >= 0.6 is 11.6 Å². The molecule has 0 atom stereocenters. The summed E-state index contributed by atoms with van der Waals surface area (Å²) in [4.78, 5) is 24.5. The van der Waals surface area contributed by atoms with Gasteiger partial charge < -0.3 is 9.47 Å². The minimum Gasteiger partial charge on any atom is -0.496 e. The summed E-state index contributed by atoms with van der Waals surface area (Å²) in [5, 5.41) is 8.27. The number of hydrogen-bond donors (Lipinski definition) is 1. The Hall–Kier alpha value is -3.65. The maximum absolute atomic E-state index is 12.3. The third kappa shape index (κ3) is 4.99. The maximum atomic E-state index is 12.3. The molecule has 3 aromatic rings. The highest BCUT2D eigenvalue weighted by Gasteiger charge is 2.13. The summed E-state index contributed by atoms with van der Waals surface area (Å²) in [7, 11) is 3.11. The van der Waals surface area contributed by atoms with E-state index in [1.165, 1.54) is 30.3 Å². The Morgan fingerprint density at radius 3 is 2.76 bits per heavy atom. The number of nitrogens with zero attached hydrogens (tertiary/aromatic N) is 3. The molecule has 2 aromatic carbocycles. The van der Waals surface area contributed by atoms with Crippen molar-refractivity contribution in [2.45, 2.75) is 0 Å². The van der Waals surface area contributed by atoms with Gasteiger partial charge in [-0.3, -0.25) is 9.48 Å². The lowest BCUT2D eigenvalue weighted by atomic mass is 10.2. The number of ether oxygens (including phenoxy) is 2. The highest BCUT2D eigenvalue weighted by atomic mass is 35.5. The number of aryl methyl sites for hydroxylation is 1. The van der Waals surface area contributed by atoms with Gasteiger partial charge >= 0.3 is 5.97 Å². The summed E-state index contributed by atoms with van der Waals surface area (Å²) >= 11 is 5.93. The van der Waals surface area contributed by atoms with Gasteiger partial charge in [-0.25, -0.2) is 10.2 Å². The van der Waals surface area contributed by atoms with E-state index in [0.29, 0.717) is 27.8 Å². The number of esters is 1. The fourth-order valence-corrected chi connectivity index (χ4v) is 2.65. The number of halogens is 1.